The molecule has 0 unspecified atom stereocenters. The number of hydrogen-bond acceptors (Lipinski definition) is 4. The average Bonchev–Trinajstić information content (AvgIpc) is 2.35. The molecule has 110 valence electrons. The number of terminal acetylenes is 1. The average molecular weight is 272 g/mol. The summed E-state index contributed by atoms with van der Waals surface area (Å²) in [5, 5.41) is 8.92. The van der Waals surface area contributed by atoms with Gasteiger partial charge in [0.15, 0.2) is 0 Å². The maximum Gasteiger partial charge on any atom is 0.309 e. The van der Waals surface area contributed by atoms with Crippen LogP contribution in [0.3, 0.4) is 0 Å². The van der Waals surface area contributed by atoms with E-state index in [4.69, 9.17) is 25.7 Å². The molecule has 5 nitrogen and oxygen atoms in total. The van der Waals surface area contributed by atoms with Crippen LogP contribution in [0.15, 0.2) is 0 Å². The van der Waals surface area contributed by atoms with Crippen molar-refractivity contribution in [1.82, 2.24) is 0 Å². The van der Waals surface area contributed by atoms with Crippen LogP contribution in [0.1, 0.15) is 26.7 Å². The Kier molecular flexibility index (Phi) is 10.2. The van der Waals surface area contributed by atoms with E-state index < -0.39 is 11.4 Å². The van der Waals surface area contributed by atoms with Gasteiger partial charge in [-0.05, 0) is 26.7 Å². The summed E-state index contributed by atoms with van der Waals surface area (Å²) in [5.74, 6) is 1.59. The zero-order valence-electron chi connectivity index (χ0n) is 11.8. The summed E-state index contributed by atoms with van der Waals surface area (Å²) in [6.45, 7) is 6.27. The van der Waals surface area contributed by atoms with Gasteiger partial charge in [0.2, 0.25) is 0 Å². The van der Waals surface area contributed by atoms with Gasteiger partial charge < -0.3 is 19.3 Å². The number of carboxylic acid groups (broad SMARTS) is 1. The molecule has 19 heavy (non-hydrogen) atoms. The van der Waals surface area contributed by atoms with Crippen LogP contribution >= 0.6 is 0 Å². The fourth-order valence-corrected chi connectivity index (χ4v) is 1.29. The predicted molar refractivity (Wildman–Crippen MR) is 71.9 cm³/mol. The van der Waals surface area contributed by atoms with Crippen LogP contribution < -0.4 is 0 Å². The van der Waals surface area contributed by atoms with E-state index in [-0.39, 0.29) is 0 Å². The molecule has 0 radical (unpaired) electrons. The number of aliphatic carboxylic acids is 1. The molecule has 0 bridgehead atoms. The molecule has 0 aromatic heterocycles. The summed E-state index contributed by atoms with van der Waals surface area (Å²) in [5.41, 5.74) is -0.686. The van der Waals surface area contributed by atoms with Crippen LogP contribution in [0, 0.1) is 17.8 Å². The molecule has 0 aliphatic carbocycles. The fourth-order valence-electron chi connectivity index (χ4n) is 1.29. The molecule has 0 amide bonds. The van der Waals surface area contributed by atoms with E-state index in [2.05, 4.69) is 5.92 Å². The van der Waals surface area contributed by atoms with Gasteiger partial charge in [-0.25, -0.2) is 0 Å². The zero-order valence-corrected chi connectivity index (χ0v) is 11.8. The summed E-state index contributed by atoms with van der Waals surface area (Å²) >= 11 is 0. The van der Waals surface area contributed by atoms with Gasteiger partial charge in [-0.3, -0.25) is 4.79 Å². The van der Waals surface area contributed by atoms with Gasteiger partial charge in [0.05, 0.1) is 31.8 Å². The van der Waals surface area contributed by atoms with Crippen molar-refractivity contribution in [3.8, 4) is 12.3 Å². The molecule has 0 saturated heterocycles. The van der Waals surface area contributed by atoms with Gasteiger partial charge in [-0.1, -0.05) is 5.92 Å². The first-order chi connectivity index (χ1) is 9.00. The van der Waals surface area contributed by atoms with E-state index >= 15 is 0 Å². The van der Waals surface area contributed by atoms with Gasteiger partial charge in [0.1, 0.15) is 6.61 Å². The molecule has 0 aliphatic heterocycles. The Morgan fingerprint density at radius 1 is 1.11 bits per heavy atom. The van der Waals surface area contributed by atoms with E-state index in [0.29, 0.717) is 46.1 Å². The predicted octanol–water partition coefficient (Wildman–Crippen LogP) is 1.56. The van der Waals surface area contributed by atoms with Crippen LogP contribution in [0.2, 0.25) is 0 Å². The zero-order chi connectivity index (χ0) is 14.6. The second kappa shape index (κ2) is 10.8. The molecule has 5 heteroatoms. The van der Waals surface area contributed by atoms with Gasteiger partial charge in [-0.2, -0.15) is 0 Å². The second-order valence-electron chi connectivity index (χ2n) is 4.77. The lowest BCUT2D eigenvalue weighted by molar-refractivity contribution is -0.147. The molecule has 0 aromatic carbocycles. The third kappa shape index (κ3) is 10.5. The van der Waals surface area contributed by atoms with Crippen LogP contribution in [0.5, 0.6) is 0 Å². The Balaban J connectivity index is 3.24. The van der Waals surface area contributed by atoms with E-state index in [1.165, 1.54) is 0 Å². The SMILES string of the molecule is C#CCOCCOCCOCCCC(C)(C)C(=O)O. The maximum atomic E-state index is 10.8. The molecule has 0 aliphatic rings. The Morgan fingerprint density at radius 2 is 1.63 bits per heavy atom. The second-order valence-corrected chi connectivity index (χ2v) is 4.77. The highest BCUT2D eigenvalue weighted by molar-refractivity contribution is 5.73. The normalized spacial score (nSPS) is 11.2. The minimum absolute atomic E-state index is 0.305. The Morgan fingerprint density at radius 3 is 2.16 bits per heavy atom. The lowest BCUT2D eigenvalue weighted by atomic mass is 9.88. The Bertz CT molecular complexity index is 280. The van der Waals surface area contributed by atoms with Crippen molar-refractivity contribution in [3.05, 3.63) is 0 Å². The van der Waals surface area contributed by atoms with E-state index in [9.17, 15) is 4.79 Å². The van der Waals surface area contributed by atoms with Crippen molar-refractivity contribution >= 4 is 5.97 Å². The Labute approximate surface area is 115 Å². The molecular formula is C14H24O5. The van der Waals surface area contributed by atoms with E-state index in [0.717, 1.165) is 6.42 Å². The van der Waals surface area contributed by atoms with Crippen molar-refractivity contribution in [2.45, 2.75) is 26.7 Å². The molecule has 1 N–H and O–H groups in total. The lowest BCUT2D eigenvalue weighted by Crippen LogP contribution is -2.24. The lowest BCUT2D eigenvalue weighted by Gasteiger charge is -2.18. The summed E-state index contributed by atoms with van der Waals surface area (Å²) in [7, 11) is 0. The molecular weight excluding hydrogens is 248 g/mol. The van der Waals surface area contributed by atoms with Crippen molar-refractivity contribution < 1.29 is 24.1 Å². The molecule has 0 fully saturated rings. The summed E-state index contributed by atoms with van der Waals surface area (Å²) in [6, 6.07) is 0. The molecule has 0 atom stereocenters. The van der Waals surface area contributed by atoms with Crippen LogP contribution in [-0.4, -0.2) is 50.7 Å². The number of rotatable bonds is 12. The van der Waals surface area contributed by atoms with Gasteiger partial charge in [-0.15, -0.1) is 6.42 Å². The van der Waals surface area contributed by atoms with Crippen molar-refractivity contribution in [2.24, 2.45) is 5.41 Å². The maximum absolute atomic E-state index is 10.8. The number of hydrogen-bond donors (Lipinski definition) is 1. The number of carboxylic acids is 1. The molecule has 0 saturated carbocycles. The van der Waals surface area contributed by atoms with E-state index in [1.54, 1.807) is 13.8 Å². The van der Waals surface area contributed by atoms with Crippen molar-refractivity contribution in [2.75, 3.05) is 39.6 Å². The highest BCUT2D eigenvalue weighted by Crippen LogP contribution is 2.22. The number of ether oxygens (including phenoxy) is 3. The highest BCUT2D eigenvalue weighted by atomic mass is 16.5. The summed E-state index contributed by atoms with van der Waals surface area (Å²) in [4.78, 5) is 10.8. The third-order valence-corrected chi connectivity index (χ3v) is 2.60. The van der Waals surface area contributed by atoms with Crippen LogP contribution in [0.4, 0.5) is 0 Å². The minimum atomic E-state index is -0.775. The third-order valence-electron chi connectivity index (χ3n) is 2.60. The first kappa shape index (κ1) is 17.9. The monoisotopic (exact) mass is 272 g/mol. The molecule has 0 spiro atoms. The quantitative estimate of drug-likeness (QED) is 0.431. The molecule has 0 heterocycles. The fraction of sp³-hybridized carbons (Fsp3) is 0.786. The number of carbonyl (C=O) groups is 1. The van der Waals surface area contributed by atoms with Gasteiger partial charge in [0.25, 0.3) is 0 Å². The van der Waals surface area contributed by atoms with Crippen LogP contribution in [0.25, 0.3) is 0 Å². The van der Waals surface area contributed by atoms with Crippen molar-refractivity contribution in [3.63, 3.8) is 0 Å². The van der Waals surface area contributed by atoms with E-state index in [1.807, 2.05) is 0 Å². The summed E-state index contributed by atoms with van der Waals surface area (Å²) < 4.78 is 15.6. The minimum Gasteiger partial charge on any atom is -0.481 e. The smallest absolute Gasteiger partial charge is 0.309 e. The topological polar surface area (TPSA) is 65.0 Å². The standard InChI is InChI=1S/C14H24O5/c1-4-7-17-9-11-19-12-10-18-8-5-6-14(2,3)13(15)16/h1H,5-12H2,2-3H3,(H,15,16). The molecule has 0 rings (SSSR count). The molecule has 0 aromatic rings. The first-order valence-electron chi connectivity index (χ1n) is 6.41. The Hall–Kier alpha value is -1.09. The van der Waals surface area contributed by atoms with Crippen molar-refractivity contribution in [1.29, 1.82) is 0 Å². The van der Waals surface area contributed by atoms with Crippen LogP contribution in [-0.2, 0) is 19.0 Å². The first-order valence-corrected chi connectivity index (χ1v) is 6.41. The van der Waals surface area contributed by atoms with Gasteiger partial charge >= 0.3 is 5.97 Å². The largest absolute Gasteiger partial charge is 0.481 e. The van der Waals surface area contributed by atoms with Gasteiger partial charge in [0, 0.05) is 6.61 Å². The summed E-state index contributed by atoms with van der Waals surface area (Å²) in [6.07, 6.45) is 6.34. The highest BCUT2D eigenvalue weighted by Gasteiger charge is 2.25.